The van der Waals surface area contributed by atoms with Crippen molar-refractivity contribution in [2.45, 2.75) is 50.2 Å². The monoisotopic (exact) mass is 504 g/mol. The lowest BCUT2D eigenvalue weighted by Gasteiger charge is -2.60. The van der Waals surface area contributed by atoms with Gasteiger partial charge in [0.25, 0.3) is 5.91 Å². The van der Waals surface area contributed by atoms with E-state index in [4.69, 9.17) is 0 Å². The van der Waals surface area contributed by atoms with E-state index in [-0.39, 0.29) is 42.4 Å². The molecule has 34 heavy (non-hydrogen) atoms. The zero-order chi connectivity index (χ0) is 24.5. The molecule has 4 N–H and O–H groups in total. The van der Waals surface area contributed by atoms with Gasteiger partial charge in [-0.25, -0.2) is 9.97 Å². The molecule has 1 amide bonds. The zero-order valence-corrected chi connectivity index (χ0v) is 19.2. The Labute approximate surface area is 195 Å². The maximum absolute atomic E-state index is 13.9. The number of aliphatic carboxylic acids is 1. The van der Waals surface area contributed by atoms with Crippen molar-refractivity contribution in [2.75, 3.05) is 29.9 Å². The highest BCUT2D eigenvalue weighted by atomic mass is 32.3. The van der Waals surface area contributed by atoms with E-state index in [1.807, 2.05) is 0 Å². The molecule has 5 fully saturated rings. The standard InChI is InChI=1S/C21H27F3N4O5S/c22-21(23,24)15-14(16(29)28-1-3-34(32,33)4-2-28)10-25-18(26-15)27-20-8-12-5-13(9-20)7-19(6-12,11-20)17(30)31/h10,12-13,32-33H,1-9,11H2,(H,30,31)(H,25,26,27). The molecule has 1 aromatic heterocycles. The van der Waals surface area contributed by atoms with Crippen molar-refractivity contribution in [1.29, 1.82) is 0 Å². The number of nitrogens with one attached hydrogen (secondary N) is 1. The van der Waals surface area contributed by atoms with Crippen LogP contribution in [0.25, 0.3) is 0 Å². The Morgan fingerprint density at radius 3 is 2.29 bits per heavy atom. The molecular formula is C21H27F3N4O5S. The average molecular weight is 505 g/mol. The molecule has 4 bridgehead atoms. The minimum Gasteiger partial charge on any atom is -0.481 e. The number of anilines is 1. The number of aromatic nitrogens is 2. The van der Waals surface area contributed by atoms with E-state index < -0.39 is 50.9 Å². The number of rotatable bonds is 4. The van der Waals surface area contributed by atoms with Gasteiger partial charge in [0.2, 0.25) is 5.95 Å². The minimum absolute atomic E-state index is 0.0678. The molecule has 6 rings (SSSR count). The molecule has 1 aliphatic heterocycles. The molecule has 2 unspecified atom stereocenters. The van der Waals surface area contributed by atoms with Crippen molar-refractivity contribution in [1.82, 2.24) is 14.9 Å². The van der Waals surface area contributed by atoms with E-state index in [1.165, 1.54) is 0 Å². The van der Waals surface area contributed by atoms with Gasteiger partial charge in [-0.15, -0.1) is 0 Å². The summed E-state index contributed by atoms with van der Waals surface area (Å²) in [6.07, 6.45) is -0.313. The maximum Gasteiger partial charge on any atom is 0.434 e. The van der Waals surface area contributed by atoms with Crippen LogP contribution in [-0.2, 0) is 11.0 Å². The van der Waals surface area contributed by atoms with Crippen LogP contribution in [0.1, 0.15) is 54.6 Å². The quantitative estimate of drug-likeness (QED) is 0.489. The fourth-order valence-corrected chi connectivity index (χ4v) is 8.04. The van der Waals surface area contributed by atoms with Crippen LogP contribution < -0.4 is 5.32 Å². The number of carboxylic acid groups (broad SMARTS) is 1. The summed E-state index contributed by atoms with van der Waals surface area (Å²) >= 11 is 0. The second kappa shape index (κ2) is 7.69. The molecular weight excluding hydrogens is 477 g/mol. The van der Waals surface area contributed by atoms with Gasteiger partial charge >= 0.3 is 12.1 Å². The predicted molar refractivity (Wildman–Crippen MR) is 117 cm³/mol. The van der Waals surface area contributed by atoms with Crippen LogP contribution >= 0.6 is 10.6 Å². The Bertz CT molecular complexity index is 1010. The number of carbonyl (C=O) groups is 2. The first-order chi connectivity index (χ1) is 15.8. The fraction of sp³-hybridized carbons (Fsp3) is 0.714. The Hall–Kier alpha value is -2.12. The molecule has 9 nitrogen and oxygen atoms in total. The van der Waals surface area contributed by atoms with Gasteiger partial charge in [-0.2, -0.15) is 23.8 Å². The van der Waals surface area contributed by atoms with Crippen molar-refractivity contribution in [3.8, 4) is 0 Å². The van der Waals surface area contributed by atoms with Crippen LogP contribution in [0.3, 0.4) is 0 Å². The molecule has 1 aromatic rings. The third-order valence-electron chi connectivity index (χ3n) is 7.84. The molecule has 0 spiro atoms. The van der Waals surface area contributed by atoms with E-state index in [9.17, 15) is 37.0 Å². The van der Waals surface area contributed by atoms with Crippen LogP contribution in [0, 0.1) is 17.3 Å². The van der Waals surface area contributed by atoms with Crippen molar-refractivity contribution < 1.29 is 37.0 Å². The van der Waals surface area contributed by atoms with Crippen LogP contribution in [0.2, 0.25) is 0 Å². The molecule has 2 atom stereocenters. The summed E-state index contributed by atoms with van der Waals surface area (Å²) in [7, 11) is -2.81. The van der Waals surface area contributed by atoms with Crippen LogP contribution in [-0.4, -0.2) is 71.1 Å². The summed E-state index contributed by atoms with van der Waals surface area (Å²) in [5, 5.41) is 12.9. The number of carboxylic acids is 1. The van der Waals surface area contributed by atoms with Crippen LogP contribution in [0.5, 0.6) is 0 Å². The molecule has 4 aliphatic carbocycles. The number of carbonyl (C=O) groups excluding carboxylic acids is 1. The van der Waals surface area contributed by atoms with Gasteiger partial charge in [0.05, 0.1) is 22.5 Å². The van der Waals surface area contributed by atoms with Crippen molar-refractivity contribution in [3.63, 3.8) is 0 Å². The second-order valence-electron chi connectivity index (χ2n) is 10.4. The van der Waals surface area contributed by atoms with E-state index in [0.717, 1.165) is 17.5 Å². The number of hydrogen-bond donors (Lipinski definition) is 4. The molecule has 188 valence electrons. The van der Waals surface area contributed by atoms with Crippen molar-refractivity contribution in [2.24, 2.45) is 17.3 Å². The Kier molecular flexibility index (Phi) is 5.34. The molecule has 4 saturated carbocycles. The van der Waals surface area contributed by atoms with Gasteiger partial charge in [0.15, 0.2) is 5.69 Å². The predicted octanol–water partition coefficient (Wildman–Crippen LogP) is 3.54. The zero-order valence-electron chi connectivity index (χ0n) is 18.3. The summed E-state index contributed by atoms with van der Waals surface area (Å²) in [6.45, 7) is -0.136. The lowest BCUT2D eigenvalue weighted by Crippen LogP contribution is -2.61. The molecule has 5 aliphatic rings. The van der Waals surface area contributed by atoms with E-state index in [0.29, 0.717) is 32.1 Å². The number of halogens is 3. The first kappa shape index (κ1) is 23.6. The van der Waals surface area contributed by atoms with Gasteiger partial charge in [-0.3, -0.25) is 18.7 Å². The van der Waals surface area contributed by atoms with Crippen molar-refractivity contribution in [3.05, 3.63) is 17.5 Å². The van der Waals surface area contributed by atoms with E-state index >= 15 is 0 Å². The highest BCUT2D eigenvalue weighted by molar-refractivity contribution is 8.24. The average Bonchev–Trinajstić information content (AvgIpc) is 2.71. The topological polar surface area (TPSA) is 136 Å². The maximum atomic E-state index is 13.9. The number of nitrogens with zero attached hydrogens (tertiary/aromatic N) is 3. The second-order valence-corrected chi connectivity index (χ2v) is 12.8. The molecule has 1 saturated heterocycles. The number of amides is 1. The Morgan fingerprint density at radius 1 is 1.12 bits per heavy atom. The molecule has 2 heterocycles. The van der Waals surface area contributed by atoms with E-state index in [2.05, 4.69) is 15.3 Å². The number of alkyl halides is 3. The Balaban J connectivity index is 1.42. The van der Waals surface area contributed by atoms with Crippen molar-refractivity contribution >= 4 is 28.4 Å². The summed E-state index contributed by atoms with van der Waals surface area (Å²) in [6, 6.07) is 0. The largest absolute Gasteiger partial charge is 0.481 e. The normalized spacial score (nSPS) is 35.1. The summed E-state index contributed by atoms with van der Waals surface area (Å²) in [4.78, 5) is 33.8. The molecule has 0 aromatic carbocycles. The minimum atomic E-state index is -4.91. The van der Waals surface area contributed by atoms with Crippen LogP contribution in [0.15, 0.2) is 6.20 Å². The van der Waals surface area contributed by atoms with Gasteiger partial charge in [0, 0.05) is 24.8 Å². The Morgan fingerprint density at radius 2 is 1.74 bits per heavy atom. The first-order valence-electron chi connectivity index (χ1n) is 11.3. The van der Waals surface area contributed by atoms with Crippen LogP contribution in [0.4, 0.5) is 19.1 Å². The highest BCUT2D eigenvalue weighted by Crippen LogP contribution is 2.62. The van der Waals surface area contributed by atoms with Gasteiger partial charge < -0.3 is 15.3 Å². The summed E-state index contributed by atoms with van der Waals surface area (Å²) in [5.74, 6) is -1.82. The third kappa shape index (κ3) is 4.11. The smallest absolute Gasteiger partial charge is 0.434 e. The lowest BCUT2D eigenvalue weighted by atomic mass is 9.47. The van der Waals surface area contributed by atoms with Gasteiger partial charge in [-0.1, -0.05) is 0 Å². The molecule has 13 heteroatoms. The summed E-state index contributed by atoms with van der Waals surface area (Å²) < 4.78 is 61.1. The highest BCUT2D eigenvalue weighted by Gasteiger charge is 2.61. The third-order valence-corrected chi connectivity index (χ3v) is 9.52. The molecule has 0 radical (unpaired) electrons. The SMILES string of the molecule is O=C(c1cnc(NC23CC4CC(C2)CC(C(=O)O)(C4)C3)nc1C(F)(F)F)N1CCS(O)(O)CC1. The van der Waals surface area contributed by atoms with Gasteiger partial charge in [0.1, 0.15) is 0 Å². The lowest BCUT2D eigenvalue weighted by molar-refractivity contribution is -0.165. The summed E-state index contributed by atoms with van der Waals surface area (Å²) in [5.41, 5.74) is -3.60. The fourth-order valence-electron chi connectivity index (χ4n) is 6.81. The first-order valence-corrected chi connectivity index (χ1v) is 13.2. The number of hydrogen-bond acceptors (Lipinski definition) is 7. The van der Waals surface area contributed by atoms with Gasteiger partial charge in [-0.05, 0) is 50.4 Å². The van der Waals surface area contributed by atoms with E-state index in [1.54, 1.807) is 0 Å².